The predicted molar refractivity (Wildman–Crippen MR) is 101 cm³/mol. The van der Waals surface area contributed by atoms with Crippen molar-refractivity contribution in [2.75, 3.05) is 4.90 Å². The first-order valence-corrected chi connectivity index (χ1v) is 8.74. The fourth-order valence-corrected chi connectivity index (χ4v) is 3.54. The van der Waals surface area contributed by atoms with E-state index in [0.717, 1.165) is 16.9 Å². The fourth-order valence-electron chi connectivity index (χ4n) is 2.54. The lowest BCUT2D eigenvalue weighted by molar-refractivity contribution is -0.117. The molecule has 0 unspecified atom stereocenters. The number of carbonyl (C=O) groups is 1. The van der Waals surface area contributed by atoms with Gasteiger partial charge in [-0.25, -0.2) is 0 Å². The van der Waals surface area contributed by atoms with Gasteiger partial charge in [0, 0.05) is 17.9 Å². The van der Waals surface area contributed by atoms with Gasteiger partial charge in [0.1, 0.15) is 16.7 Å². The molecule has 4 nitrogen and oxygen atoms in total. The summed E-state index contributed by atoms with van der Waals surface area (Å²) in [6.07, 6.45) is 0. The number of anilines is 1. The number of nitrogens with one attached hydrogen (secondary N) is 1. The van der Waals surface area contributed by atoms with Crippen molar-refractivity contribution >= 4 is 23.4 Å². The van der Waals surface area contributed by atoms with Crippen molar-refractivity contribution in [2.24, 2.45) is 0 Å². The summed E-state index contributed by atoms with van der Waals surface area (Å²) in [5.41, 5.74) is 3.03. The smallest absolute Gasteiger partial charge is 0.264 e. The number of rotatable bonds is 4. The summed E-state index contributed by atoms with van der Waals surface area (Å²) < 4.78 is 0. The third-order valence-corrected chi connectivity index (χ3v) is 4.83. The van der Waals surface area contributed by atoms with Crippen molar-refractivity contribution in [3.63, 3.8) is 0 Å². The van der Waals surface area contributed by atoms with Crippen molar-refractivity contribution in [1.29, 1.82) is 5.26 Å². The molecule has 2 aromatic rings. The summed E-state index contributed by atoms with van der Waals surface area (Å²) in [6.45, 7) is 2.35. The topological polar surface area (TPSA) is 56.1 Å². The highest BCUT2D eigenvalue weighted by Crippen LogP contribution is 2.40. The van der Waals surface area contributed by atoms with Gasteiger partial charge in [-0.05, 0) is 30.0 Å². The van der Waals surface area contributed by atoms with Gasteiger partial charge in [0.25, 0.3) is 5.91 Å². The van der Waals surface area contributed by atoms with E-state index in [1.54, 1.807) is 0 Å². The number of nitriles is 1. The third kappa shape index (κ3) is 3.76. The van der Waals surface area contributed by atoms with Crippen molar-refractivity contribution in [1.82, 2.24) is 5.32 Å². The van der Waals surface area contributed by atoms with E-state index in [1.165, 1.54) is 11.8 Å². The van der Waals surface area contributed by atoms with E-state index in [1.807, 2.05) is 77.9 Å². The molecular formula is C20H17N3OS. The van der Waals surface area contributed by atoms with Gasteiger partial charge in [0.2, 0.25) is 0 Å². The fraction of sp³-hybridized carbons (Fsp3) is 0.100. The average molecular weight is 347 g/mol. The predicted octanol–water partition coefficient (Wildman–Crippen LogP) is 4.15. The minimum atomic E-state index is -0.363. The maximum atomic E-state index is 12.6. The van der Waals surface area contributed by atoms with E-state index < -0.39 is 0 Å². The van der Waals surface area contributed by atoms with Crippen LogP contribution in [0.1, 0.15) is 12.5 Å². The molecule has 0 atom stereocenters. The third-order valence-electron chi connectivity index (χ3n) is 3.76. The molecule has 1 heterocycles. The Morgan fingerprint density at radius 1 is 1.12 bits per heavy atom. The molecule has 0 spiro atoms. The van der Waals surface area contributed by atoms with Crippen LogP contribution in [-0.2, 0) is 11.3 Å². The molecule has 1 aliphatic rings. The minimum absolute atomic E-state index is 0.123. The van der Waals surface area contributed by atoms with E-state index in [-0.39, 0.29) is 11.5 Å². The maximum absolute atomic E-state index is 12.6. The molecule has 1 N–H and O–H groups in total. The highest BCUT2D eigenvalue weighted by Gasteiger charge is 2.26. The Kier molecular flexibility index (Phi) is 5.22. The minimum Gasteiger partial charge on any atom is -0.347 e. The lowest BCUT2D eigenvalue weighted by atomic mass is 10.2. The number of para-hydroxylation sites is 1. The van der Waals surface area contributed by atoms with Crippen LogP contribution in [0.4, 0.5) is 5.69 Å². The number of nitrogens with zero attached hydrogens (tertiary/aromatic N) is 2. The Morgan fingerprint density at radius 2 is 1.76 bits per heavy atom. The van der Waals surface area contributed by atoms with Gasteiger partial charge in [-0.2, -0.15) is 5.26 Å². The van der Waals surface area contributed by atoms with Gasteiger partial charge in [0.05, 0.1) is 0 Å². The maximum Gasteiger partial charge on any atom is 0.264 e. The second-order valence-corrected chi connectivity index (χ2v) is 6.37. The lowest BCUT2D eigenvalue weighted by Crippen LogP contribution is -2.27. The molecule has 1 aliphatic heterocycles. The molecule has 0 saturated carbocycles. The van der Waals surface area contributed by atoms with Gasteiger partial charge < -0.3 is 10.2 Å². The van der Waals surface area contributed by atoms with E-state index in [0.29, 0.717) is 11.6 Å². The van der Waals surface area contributed by atoms with Crippen LogP contribution in [0.15, 0.2) is 82.4 Å². The Labute approximate surface area is 151 Å². The van der Waals surface area contributed by atoms with Crippen LogP contribution in [0.5, 0.6) is 0 Å². The molecule has 1 amide bonds. The summed E-state index contributed by atoms with van der Waals surface area (Å²) >= 11 is 1.40. The summed E-state index contributed by atoms with van der Waals surface area (Å²) in [5, 5.41) is 15.0. The highest BCUT2D eigenvalue weighted by atomic mass is 32.2. The number of hydrogen-bond acceptors (Lipinski definition) is 4. The molecule has 0 fully saturated rings. The summed E-state index contributed by atoms with van der Waals surface area (Å²) in [5.74, 6) is -0.363. The van der Waals surface area contributed by atoms with Crippen LogP contribution >= 0.6 is 11.8 Å². The normalized spacial score (nSPS) is 15.4. The Bertz CT molecular complexity index is 867. The molecule has 2 aromatic carbocycles. The first-order chi connectivity index (χ1) is 12.2. The van der Waals surface area contributed by atoms with Gasteiger partial charge >= 0.3 is 0 Å². The zero-order valence-electron chi connectivity index (χ0n) is 13.8. The average Bonchev–Trinajstić information content (AvgIpc) is 3.03. The quantitative estimate of drug-likeness (QED) is 0.667. The molecule has 0 bridgehead atoms. The van der Waals surface area contributed by atoms with Gasteiger partial charge in [-0.15, -0.1) is 0 Å². The monoisotopic (exact) mass is 347 g/mol. The second kappa shape index (κ2) is 7.73. The Morgan fingerprint density at radius 3 is 2.40 bits per heavy atom. The van der Waals surface area contributed by atoms with Crippen LogP contribution in [0.3, 0.4) is 0 Å². The van der Waals surface area contributed by atoms with E-state index in [4.69, 9.17) is 0 Å². The van der Waals surface area contributed by atoms with Crippen molar-refractivity contribution in [3.8, 4) is 6.07 Å². The molecule has 0 aromatic heterocycles. The number of benzene rings is 2. The number of amides is 1. The largest absolute Gasteiger partial charge is 0.347 e. The van der Waals surface area contributed by atoms with Crippen molar-refractivity contribution in [3.05, 3.63) is 87.9 Å². The molecule has 0 aliphatic carbocycles. The molecule has 25 heavy (non-hydrogen) atoms. The zero-order chi connectivity index (χ0) is 17.6. The summed E-state index contributed by atoms with van der Waals surface area (Å²) in [6, 6.07) is 21.4. The Balaban J connectivity index is 1.85. The first kappa shape index (κ1) is 16.9. The standard InChI is InChI=1S/C20H17N3OS/c1-15-14-25-20(23(15)17-10-6-3-7-11-17)18(12-21)19(24)22-13-16-8-4-2-5-9-16/h2-11,14H,13H2,1H3,(H,22,24)/b20-18-. The second-order valence-electron chi connectivity index (χ2n) is 5.51. The number of thioether (sulfide) groups is 1. The van der Waals surface area contributed by atoms with Gasteiger partial charge in [0.15, 0.2) is 0 Å². The van der Waals surface area contributed by atoms with Crippen LogP contribution in [0.25, 0.3) is 0 Å². The van der Waals surface area contributed by atoms with Crippen LogP contribution in [-0.4, -0.2) is 5.91 Å². The van der Waals surface area contributed by atoms with Crippen molar-refractivity contribution < 1.29 is 4.79 Å². The Hall–Kier alpha value is -2.97. The molecule has 5 heteroatoms. The summed E-state index contributed by atoms with van der Waals surface area (Å²) in [4.78, 5) is 14.5. The molecule has 3 rings (SSSR count). The number of hydrogen-bond donors (Lipinski definition) is 1. The molecule has 0 radical (unpaired) electrons. The first-order valence-electron chi connectivity index (χ1n) is 7.86. The highest BCUT2D eigenvalue weighted by molar-refractivity contribution is 8.06. The van der Waals surface area contributed by atoms with Crippen LogP contribution < -0.4 is 10.2 Å². The number of carbonyl (C=O) groups excluding carboxylic acids is 1. The van der Waals surface area contributed by atoms with E-state index in [2.05, 4.69) is 11.4 Å². The SMILES string of the molecule is CC1=CS/C(=C(/C#N)C(=O)NCc2ccccc2)N1c1ccccc1. The van der Waals surface area contributed by atoms with E-state index >= 15 is 0 Å². The van der Waals surface area contributed by atoms with Gasteiger partial charge in [-0.3, -0.25) is 4.79 Å². The zero-order valence-corrected chi connectivity index (χ0v) is 14.6. The molecular weight excluding hydrogens is 330 g/mol. The number of allylic oxidation sites excluding steroid dienone is 1. The van der Waals surface area contributed by atoms with Crippen molar-refractivity contribution in [2.45, 2.75) is 13.5 Å². The molecule has 124 valence electrons. The molecule has 0 saturated heterocycles. The lowest BCUT2D eigenvalue weighted by Gasteiger charge is -2.22. The summed E-state index contributed by atoms with van der Waals surface area (Å²) in [7, 11) is 0. The van der Waals surface area contributed by atoms with Crippen LogP contribution in [0, 0.1) is 11.3 Å². The van der Waals surface area contributed by atoms with Gasteiger partial charge in [-0.1, -0.05) is 60.3 Å². The van der Waals surface area contributed by atoms with Crippen LogP contribution in [0.2, 0.25) is 0 Å². The van der Waals surface area contributed by atoms with E-state index in [9.17, 15) is 10.1 Å².